The van der Waals surface area contributed by atoms with Gasteiger partial charge in [-0.25, -0.2) is 18.0 Å². The van der Waals surface area contributed by atoms with Crippen LogP contribution in [0.25, 0.3) is 11.1 Å². The Morgan fingerprint density at radius 2 is 1.79 bits per heavy atom. The first-order chi connectivity index (χ1) is 18.4. The van der Waals surface area contributed by atoms with Crippen molar-refractivity contribution in [3.63, 3.8) is 0 Å². The summed E-state index contributed by atoms with van der Waals surface area (Å²) in [4.78, 5) is 25.8. The van der Waals surface area contributed by atoms with E-state index in [4.69, 9.17) is 16.7 Å². The van der Waals surface area contributed by atoms with Crippen LogP contribution >= 0.6 is 11.6 Å². The van der Waals surface area contributed by atoms with E-state index in [1.54, 1.807) is 12.3 Å². The first kappa shape index (κ1) is 30.1. The third kappa shape index (κ3) is 7.79. The van der Waals surface area contributed by atoms with E-state index >= 15 is 0 Å². The van der Waals surface area contributed by atoms with Crippen molar-refractivity contribution in [1.29, 1.82) is 0 Å². The van der Waals surface area contributed by atoms with Gasteiger partial charge in [-0.15, -0.1) is 11.6 Å². The van der Waals surface area contributed by atoms with Crippen molar-refractivity contribution < 1.29 is 27.9 Å². The Morgan fingerprint density at radius 1 is 1.10 bits per heavy atom. The Balaban J connectivity index is 2.15. The van der Waals surface area contributed by atoms with Gasteiger partial charge in [0.15, 0.2) is 0 Å². The van der Waals surface area contributed by atoms with Gasteiger partial charge in [0.05, 0.1) is 12.1 Å². The third-order valence-corrected chi connectivity index (χ3v) is 6.67. The van der Waals surface area contributed by atoms with E-state index in [0.717, 1.165) is 23.8 Å². The fourth-order valence-corrected chi connectivity index (χ4v) is 4.90. The highest BCUT2D eigenvalue weighted by Gasteiger charge is 2.37. The number of benzene rings is 2. The lowest BCUT2D eigenvalue weighted by Crippen LogP contribution is -2.46. The van der Waals surface area contributed by atoms with Crippen molar-refractivity contribution in [2.45, 2.75) is 45.8 Å². The molecule has 6 nitrogen and oxygen atoms in total. The number of nitrogens with one attached hydrogen (secondary N) is 1. The molecule has 3 aromatic rings. The number of rotatable bonds is 11. The number of halogens is 4. The quantitative estimate of drug-likeness (QED) is 0.257. The van der Waals surface area contributed by atoms with Crippen LogP contribution < -0.4 is 5.32 Å². The molecule has 1 heterocycles. The highest BCUT2D eigenvalue weighted by Crippen LogP contribution is 2.41. The molecular weight excluding hydrogens is 531 g/mol. The molecule has 0 saturated carbocycles. The van der Waals surface area contributed by atoms with Gasteiger partial charge in [-0.1, -0.05) is 51.1 Å². The predicted molar refractivity (Wildman–Crippen MR) is 145 cm³/mol. The lowest BCUT2D eigenvalue weighted by atomic mass is 9.82. The molecule has 3 rings (SSSR count). The fourth-order valence-electron chi connectivity index (χ4n) is 4.74. The SMILES string of the molecule is CC(C)(C)[C@H](c1cc(-c2cc(F)ccc2F)cn1Cc1ccccc1)N(CCC(CF)NC(=O)O)C(=O)CCl. The molecule has 1 aromatic heterocycles. The van der Waals surface area contributed by atoms with Gasteiger partial charge >= 0.3 is 6.09 Å². The zero-order valence-corrected chi connectivity index (χ0v) is 22.9. The van der Waals surface area contributed by atoms with Gasteiger partial charge in [0.1, 0.15) is 24.2 Å². The largest absolute Gasteiger partial charge is 0.465 e. The van der Waals surface area contributed by atoms with E-state index in [0.29, 0.717) is 17.8 Å². The predicted octanol–water partition coefficient (Wildman–Crippen LogP) is 6.63. The fraction of sp³-hybridized carbons (Fsp3) is 0.379. The molecule has 0 aliphatic heterocycles. The van der Waals surface area contributed by atoms with Crippen molar-refractivity contribution in [3.8, 4) is 11.1 Å². The molecule has 0 saturated heterocycles. The smallest absolute Gasteiger partial charge is 0.404 e. The number of alkyl halides is 2. The van der Waals surface area contributed by atoms with Crippen LogP contribution in [0.2, 0.25) is 0 Å². The van der Waals surface area contributed by atoms with Crippen molar-refractivity contribution in [2.75, 3.05) is 19.1 Å². The standard InChI is InChI=1S/C29H33ClF3N3O3/c1-29(2,3)27(36(26(37)15-30)12-11-22(16-31)34-28(38)39)25-13-20(23-14-21(32)9-10-24(23)33)18-35(25)17-19-7-5-4-6-8-19/h4-10,13-14,18,22,27,34H,11-12,15-17H2,1-3H3,(H,38,39)/t22?,27-/m0/s1. The number of aromatic nitrogens is 1. The van der Waals surface area contributed by atoms with Gasteiger partial charge in [0.2, 0.25) is 5.91 Å². The summed E-state index contributed by atoms with van der Waals surface area (Å²) in [5.41, 5.74) is 1.52. The highest BCUT2D eigenvalue weighted by molar-refractivity contribution is 6.27. The van der Waals surface area contributed by atoms with Crippen molar-refractivity contribution in [3.05, 3.63) is 83.7 Å². The van der Waals surface area contributed by atoms with E-state index in [2.05, 4.69) is 5.32 Å². The summed E-state index contributed by atoms with van der Waals surface area (Å²) in [5, 5.41) is 11.2. The number of carboxylic acid groups (broad SMARTS) is 1. The van der Waals surface area contributed by atoms with Crippen molar-refractivity contribution in [1.82, 2.24) is 14.8 Å². The lowest BCUT2D eigenvalue weighted by molar-refractivity contribution is -0.133. The molecule has 0 fully saturated rings. The Hall–Kier alpha value is -3.46. The molecular formula is C29H33ClF3N3O3. The summed E-state index contributed by atoms with van der Waals surface area (Å²) < 4.78 is 44.3. The normalized spacial score (nSPS) is 13.1. The molecule has 0 radical (unpaired) electrons. The zero-order valence-electron chi connectivity index (χ0n) is 22.1. The number of hydrogen-bond acceptors (Lipinski definition) is 2. The Bertz CT molecular complexity index is 1280. The summed E-state index contributed by atoms with van der Waals surface area (Å²) in [6.45, 7) is 5.24. The van der Waals surface area contributed by atoms with E-state index in [1.165, 1.54) is 4.90 Å². The molecule has 2 amide bonds. The van der Waals surface area contributed by atoms with E-state index in [-0.39, 0.29) is 24.4 Å². The summed E-state index contributed by atoms with van der Waals surface area (Å²) in [6.07, 6.45) is 0.375. The molecule has 0 aliphatic carbocycles. The summed E-state index contributed by atoms with van der Waals surface area (Å²) >= 11 is 6.00. The number of carbonyl (C=O) groups excluding carboxylic acids is 1. The molecule has 0 spiro atoms. The lowest BCUT2D eigenvalue weighted by Gasteiger charge is -2.41. The molecule has 2 N–H and O–H groups in total. The number of hydrogen-bond donors (Lipinski definition) is 2. The highest BCUT2D eigenvalue weighted by atomic mass is 35.5. The first-order valence-corrected chi connectivity index (χ1v) is 13.1. The van der Waals surface area contributed by atoms with Crippen LogP contribution in [0.3, 0.4) is 0 Å². The molecule has 0 bridgehead atoms. The van der Waals surface area contributed by atoms with Gasteiger partial charge in [-0.3, -0.25) is 4.79 Å². The van der Waals surface area contributed by atoms with E-state index in [1.807, 2.05) is 55.7 Å². The van der Waals surface area contributed by atoms with Gasteiger partial charge in [-0.05, 0) is 41.7 Å². The second kappa shape index (κ2) is 13.1. The molecule has 2 aromatic carbocycles. The number of carbonyl (C=O) groups is 2. The average molecular weight is 564 g/mol. The Morgan fingerprint density at radius 3 is 2.38 bits per heavy atom. The minimum absolute atomic E-state index is 0.0164. The average Bonchev–Trinajstić information content (AvgIpc) is 3.28. The van der Waals surface area contributed by atoms with E-state index < -0.39 is 47.8 Å². The monoisotopic (exact) mass is 563 g/mol. The maximum atomic E-state index is 14.8. The van der Waals surface area contributed by atoms with E-state index in [9.17, 15) is 22.8 Å². The van der Waals surface area contributed by atoms with Crippen molar-refractivity contribution >= 4 is 23.6 Å². The molecule has 10 heteroatoms. The van der Waals surface area contributed by atoms with Gasteiger partial charge in [0.25, 0.3) is 0 Å². The Kier molecular flexibility index (Phi) is 10.1. The second-order valence-corrected chi connectivity index (χ2v) is 10.7. The van der Waals surface area contributed by atoms with Gasteiger partial charge < -0.3 is 19.9 Å². The number of amides is 2. The second-order valence-electron chi connectivity index (χ2n) is 10.5. The minimum atomic E-state index is -1.36. The zero-order chi connectivity index (χ0) is 28.7. The van der Waals surface area contributed by atoms with Crippen LogP contribution in [0.5, 0.6) is 0 Å². The van der Waals surface area contributed by atoms with Crippen LogP contribution in [0, 0.1) is 17.0 Å². The molecule has 1 unspecified atom stereocenters. The Labute approximate surface area is 231 Å². The summed E-state index contributed by atoms with van der Waals surface area (Å²) in [5.74, 6) is -1.94. The van der Waals surface area contributed by atoms with Crippen LogP contribution in [-0.2, 0) is 11.3 Å². The van der Waals surface area contributed by atoms with Crippen LogP contribution in [0.15, 0.2) is 60.8 Å². The van der Waals surface area contributed by atoms with Crippen molar-refractivity contribution in [2.24, 2.45) is 5.41 Å². The number of nitrogens with zero attached hydrogens (tertiary/aromatic N) is 2. The maximum absolute atomic E-state index is 14.8. The molecule has 39 heavy (non-hydrogen) atoms. The summed E-state index contributed by atoms with van der Waals surface area (Å²) in [6, 6.07) is 12.9. The van der Waals surface area contributed by atoms with Crippen LogP contribution in [0.4, 0.5) is 18.0 Å². The molecule has 0 aliphatic rings. The maximum Gasteiger partial charge on any atom is 0.404 e. The summed E-state index contributed by atoms with van der Waals surface area (Å²) in [7, 11) is 0. The molecule has 2 atom stereocenters. The minimum Gasteiger partial charge on any atom is -0.465 e. The van der Waals surface area contributed by atoms with Gasteiger partial charge in [-0.2, -0.15) is 0 Å². The van der Waals surface area contributed by atoms with Crippen LogP contribution in [0.1, 0.15) is 44.5 Å². The topological polar surface area (TPSA) is 74.6 Å². The third-order valence-electron chi connectivity index (χ3n) is 6.44. The molecule has 210 valence electrons. The first-order valence-electron chi connectivity index (χ1n) is 12.5. The van der Waals surface area contributed by atoms with Gasteiger partial charge in [0, 0.05) is 36.1 Å². The van der Waals surface area contributed by atoms with Crippen LogP contribution in [-0.4, -0.2) is 51.7 Å².